The van der Waals surface area contributed by atoms with Crippen molar-refractivity contribution in [1.29, 1.82) is 0 Å². The van der Waals surface area contributed by atoms with Gasteiger partial charge >= 0.3 is 0 Å². The molecule has 0 amide bonds. The molecule has 0 saturated heterocycles. The van der Waals surface area contributed by atoms with Crippen molar-refractivity contribution in [3.63, 3.8) is 0 Å². The molecule has 0 unspecified atom stereocenters. The van der Waals surface area contributed by atoms with Gasteiger partial charge in [0, 0.05) is 24.4 Å². The number of aromatic nitrogens is 2. The molecule has 1 heterocycles. The van der Waals surface area contributed by atoms with Crippen LogP contribution in [0.15, 0.2) is 58.5 Å². The number of hydrogen-bond donors (Lipinski definition) is 0. The van der Waals surface area contributed by atoms with Crippen LogP contribution in [0.3, 0.4) is 0 Å². The first-order chi connectivity index (χ1) is 12.6. The zero-order valence-electron chi connectivity index (χ0n) is 14.4. The van der Waals surface area contributed by atoms with Gasteiger partial charge in [-0.15, -0.1) is 0 Å². The number of nitrogens with zero attached hydrogens (tertiary/aromatic N) is 3. The second kappa shape index (κ2) is 8.14. The zero-order valence-corrected chi connectivity index (χ0v) is 15.2. The fraction of sp³-hybridized carbons (Fsp3) is 0.263. The molecule has 0 atom stereocenters. The lowest BCUT2D eigenvalue weighted by molar-refractivity contribution is -0.384. The van der Waals surface area contributed by atoms with Crippen LogP contribution in [0.1, 0.15) is 25.3 Å². The molecular weight excluding hydrogens is 350 g/mol. The average molecular weight is 369 g/mol. The molecule has 0 aliphatic carbocycles. The third kappa shape index (κ3) is 3.94. The fourth-order valence-electron chi connectivity index (χ4n) is 2.63. The minimum absolute atomic E-state index is 0.0183. The Morgan fingerprint density at radius 1 is 1.15 bits per heavy atom. The molecule has 1 aromatic heterocycles. The molecule has 134 valence electrons. The van der Waals surface area contributed by atoms with Gasteiger partial charge in [0.25, 0.3) is 11.2 Å². The number of nitro benzene ring substituents is 1. The smallest absolute Gasteiger partial charge is 0.269 e. The summed E-state index contributed by atoms with van der Waals surface area (Å²) in [5.41, 5.74) is 1.69. The van der Waals surface area contributed by atoms with Gasteiger partial charge in [-0.3, -0.25) is 19.5 Å². The number of thioether (sulfide) groups is 1. The van der Waals surface area contributed by atoms with Crippen molar-refractivity contribution in [2.45, 2.75) is 37.2 Å². The number of nitro groups is 1. The zero-order chi connectivity index (χ0) is 18.5. The van der Waals surface area contributed by atoms with Gasteiger partial charge in [-0.25, -0.2) is 4.98 Å². The maximum atomic E-state index is 12.8. The Kier molecular flexibility index (Phi) is 5.68. The predicted octanol–water partition coefficient (Wildman–Crippen LogP) is 4.40. The van der Waals surface area contributed by atoms with Crippen molar-refractivity contribution in [1.82, 2.24) is 9.55 Å². The lowest BCUT2D eigenvalue weighted by Crippen LogP contribution is -2.23. The molecule has 0 radical (unpaired) electrons. The van der Waals surface area contributed by atoms with E-state index >= 15 is 0 Å². The summed E-state index contributed by atoms with van der Waals surface area (Å²) in [5.74, 6) is 0.592. The summed E-state index contributed by atoms with van der Waals surface area (Å²) in [6.45, 7) is 2.72. The molecule has 2 aromatic carbocycles. The van der Waals surface area contributed by atoms with Gasteiger partial charge in [0.2, 0.25) is 0 Å². The molecule has 6 nitrogen and oxygen atoms in total. The van der Waals surface area contributed by atoms with Crippen LogP contribution >= 0.6 is 11.8 Å². The van der Waals surface area contributed by atoms with Gasteiger partial charge < -0.3 is 0 Å². The number of para-hydroxylation sites is 1. The highest BCUT2D eigenvalue weighted by Crippen LogP contribution is 2.23. The molecular formula is C19H19N3O3S. The van der Waals surface area contributed by atoms with E-state index in [-0.39, 0.29) is 11.2 Å². The fourth-order valence-corrected chi connectivity index (χ4v) is 3.61. The number of benzene rings is 2. The van der Waals surface area contributed by atoms with Crippen molar-refractivity contribution >= 4 is 28.4 Å². The van der Waals surface area contributed by atoms with Crippen LogP contribution in [0.4, 0.5) is 5.69 Å². The molecule has 3 aromatic rings. The summed E-state index contributed by atoms with van der Waals surface area (Å²) >= 11 is 1.48. The molecule has 0 aliphatic rings. The third-order valence-electron chi connectivity index (χ3n) is 4.08. The van der Waals surface area contributed by atoms with E-state index in [1.165, 1.54) is 23.9 Å². The molecule has 0 aliphatic heterocycles. The SMILES string of the molecule is CCCCn1c(SCc2ccc([N+](=O)[O-])cc2)nc2ccccc2c1=O. The third-order valence-corrected chi connectivity index (χ3v) is 5.12. The number of rotatable bonds is 7. The van der Waals surface area contributed by atoms with Crippen molar-refractivity contribution in [3.8, 4) is 0 Å². The van der Waals surface area contributed by atoms with Crippen LogP contribution in [0, 0.1) is 10.1 Å². The Morgan fingerprint density at radius 2 is 1.88 bits per heavy atom. The summed E-state index contributed by atoms with van der Waals surface area (Å²) in [6.07, 6.45) is 1.90. The quantitative estimate of drug-likeness (QED) is 0.267. The Labute approximate surface area is 155 Å². The van der Waals surface area contributed by atoms with E-state index in [1.54, 1.807) is 22.8 Å². The monoisotopic (exact) mass is 369 g/mol. The lowest BCUT2D eigenvalue weighted by atomic mass is 10.2. The molecule has 26 heavy (non-hydrogen) atoms. The van der Waals surface area contributed by atoms with E-state index < -0.39 is 4.92 Å². The Hall–Kier alpha value is -2.67. The van der Waals surface area contributed by atoms with Crippen molar-refractivity contribution < 1.29 is 4.92 Å². The van der Waals surface area contributed by atoms with E-state index in [2.05, 4.69) is 11.9 Å². The lowest BCUT2D eigenvalue weighted by Gasteiger charge is -2.12. The summed E-state index contributed by atoms with van der Waals surface area (Å²) < 4.78 is 1.74. The van der Waals surface area contributed by atoms with Crippen molar-refractivity contribution in [2.24, 2.45) is 0 Å². The first-order valence-electron chi connectivity index (χ1n) is 8.46. The van der Waals surface area contributed by atoms with Crippen LogP contribution in [-0.4, -0.2) is 14.5 Å². The topological polar surface area (TPSA) is 78.0 Å². The first-order valence-corrected chi connectivity index (χ1v) is 9.44. The predicted molar refractivity (Wildman–Crippen MR) is 104 cm³/mol. The Morgan fingerprint density at radius 3 is 2.58 bits per heavy atom. The average Bonchev–Trinajstić information content (AvgIpc) is 2.66. The standard InChI is InChI=1S/C19H19N3O3S/c1-2-3-12-21-18(23)16-6-4-5-7-17(16)20-19(21)26-13-14-8-10-15(11-9-14)22(24)25/h4-11H,2-3,12-13H2,1H3. The van der Waals surface area contributed by atoms with Gasteiger partial charge in [0.15, 0.2) is 5.16 Å². The highest BCUT2D eigenvalue weighted by atomic mass is 32.2. The second-order valence-corrected chi connectivity index (χ2v) is 6.88. The van der Waals surface area contributed by atoms with Crippen LogP contribution in [0.5, 0.6) is 0 Å². The maximum Gasteiger partial charge on any atom is 0.269 e. The van der Waals surface area contributed by atoms with Crippen LogP contribution in [0.2, 0.25) is 0 Å². The normalized spacial score (nSPS) is 11.0. The van der Waals surface area contributed by atoms with E-state index in [0.717, 1.165) is 18.4 Å². The molecule has 0 bridgehead atoms. The summed E-state index contributed by atoms with van der Waals surface area (Å²) in [6, 6.07) is 13.8. The van der Waals surface area contributed by atoms with Gasteiger partial charge in [-0.05, 0) is 24.1 Å². The van der Waals surface area contributed by atoms with Gasteiger partial charge in [-0.1, -0.05) is 49.4 Å². The summed E-state index contributed by atoms with van der Waals surface area (Å²) in [5, 5.41) is 12.1. The molecule has 7 heteroatoms. The number of fused-ring (bicyclic) bond motifs is 1. The van der Waals surface area contributed by atoms with Gasteiger partial charge in [-0.2, -0.15) is 0 Å². The van der Waals surface area contributed by atoms with E-state index in [9.17, 15) is 14.9 Å². The van der Waals surface area contributed by atoms with Crippen molar-refractivity contribution in [2.75, 3.05) is 0 Å². The number of unbranched alkanes of at least 4 members (excludes halogenated alkanes) is 1. The molecule has 3 rings (SSSR count). The Bertz CT molecular complexity index is 983. The highest BCUT2D eigenvalue weighted by Gasteiger charge is 2.12. The molecule has 0 N–H and O–H groups in total. The number of hydrogen-bond acceptors (Lipinski definition) is 5. The molecule has 0 fully saturated rings. The van der Waals surface area contributed by atoms with E-state index in [0.29, 0.717) is 28.4 Å². The van der Waals surface area contributed by atoms with Gasteiger partial charge in [0.1, 0.15) is 0 Å². The Balaban J connectivity index is 1.90. The maximum absolute atomic E-state index is 12.8. The molecule has 0 spiro atoms. The van der Waals surface area contributed by atoms with Crippen LogP contribution in [-0.2, 0) is 12.3 Å². The van der Waals surface area contributed by atoms with Crippen molar-refractivity contribution in [3.05, 3.63) is 74.6 Å². The number of non-ortho nitro benzene ring substituents is 1. The first kappa shape index (κ1) is 18.1. The largest absolute Gasteiger partial charge is 0.287 e. The minimum Gasteiger partial charge on any atom is -0.287 e. The minimum atomic E-state index is -0.412. The second-order valence-electron chi connectivity index (χ2n) is 5.93. The van der Waals surface area contributed by atoms with E-state index in [4.69, 9.17) is 0 Å². The molecule has 0 saturated carbocycles. The summed E-state index contributed by atoms with van der Waals surface area (Å²) in [4.78, 5) is 27.8. The van der Waals surface area contributed by atoms with E-state index in [1.807, 2.05) is 18.2 Å². The van der Waals surface area contributed by atoms with Crippen LogP contribution in [0.25, 0.3) is 10.9 Å². The van der Waals surface area contributed by atoms with Crippen LogP contribution < -0.4 is 5.56 Å². The summed E-state index contributed by atoms with van der Waals surface area (Å²) in [7, 11) is 0. The highest BCUT2D eigenvalue weighted by molar-refractivity contribution is 7.98. The van der Waals surface area contributed by atoms with Gasteiger partial charge in [0.05, 0.1) is 15.8 Å².